The van der Waals surface area contributed by atoms with Crippen molar-refractivity contribution in [2.75, 3.05) is 6.54 Å². The first-order valence-corrected chi connectivity index (χ1v) is 7.23. The summed E-state index contributed by atoms with van der Waals surface area (Å²) in [6, 6.07) is 14.9. The van der Waals surface area contributed by atoms with Crippen molar-refractivity contribution in [2.45, 2.75) is 38.6 Å². The molecule has 20 heavy (non-hydrogen) atoms. The zero-order valence-corrected chi connectivity index (χ0v) is 12.6. The van der Waals surface area contributed by atoms with Gasteiger partial charge < -0.3 is 5.32 Å². The number of hydrogen-bond donors (Lipinski definition) is 1. The van der Waals surface area contributed by atoms with E-state index in [4.69, 9.17) is 0 Å². The fourth-order valence-electron chi connectivity index (χ4n) is 2.27. The van der Waals surface area contributed by atoms with Crippen LogP contribution < -0.4 is 5.32 Å². The summed E-state index contributed by atoms with van der Waals surface area (Å²) in [5.74, 6) is 0.472. The van der Waals surface area contributed by atoms with Gasteiger partial charge in [-0.15, -0.1) is 0 Å². The predicted octanol–water partition coefficient (Wildman–Crippen LogP) is 3.80. The minimum Gasteiger partial charge on any atom is -0.311 e. The maximum atomic E-state index is 4.22. The topological polar surface area (TPSA) is 24.9 Å². The van der Waals surface area contributed by atoms with E-state index in [9.17, 15) is 0 Å². The van der Waals surface area contributed by atoms with Gasteiger partial charge in [-0.2, -0.15) is 0 Å². The van der Waals surface area contributed by atoms with E-state index in [1.807, 2.05) is 18.5 Å². The highest BCUT2D eigenvalue weighted by atomic mass is 14.9. The summed E-state index contributed by atoms with van der Waals surface area (Å²) in [4.78, 5) is 4.22. The van der Waals surface area contributed by atoms with Crippen molar-refractivity contribution < 1.29 is 0 Å². The van der Waals surface area contributed by atoms with Crippen LogP contribution in [0.5, 0.6) is 0 Å². The quantitative estimate of drug-likeness (QED) is 0.892. The Hall–Kier alpha value is -1.67. The number of rotatable bonds is 5. The molecule has 0 bridgehead atoms. The van der Waals surface area contributed by atoms with Crippen LogP contribution in [0.1, 0.15) is 37.8 Å². The lowest BCUT2D eigenvalue weighted by Crippen LogP contribution is -2.39. The maximum absolute atomic E-state index is 4.22. The number of nitrogens with one attached hydrogen (secondary N) is 1. The Balaban J connectivity index is 2.12. The van der Waals surface area contributed by atoms with Crippen molar-refractivity contribution in [3.05, 3.63) is 66.0 Å². The Kier molecular flexibility index (Phi) is 4.91. The van der Waals surface area contributed by atoms with E-state index in [1.165, 1.54) is 11.1 Å². The minimum absolute atomic E-state index is 0.141. The van der Waals surface area contributed by atoms with Crippen LogP contribution >= 0.6 is 0 Å². The molecule has 0 fully saturated rings. The second-order valence-corrected chi connectivity index (χ2v) is 6.30. The van der Waals surface area contributed by atoms with Gasteiger partial charge in [-0.1, -0.05) is 36.4 Å². The van der Waals surface area contributed by atoms with Gasteiger partial charge in [0.1, 0.15) is 0 Å². The molecule has 0 aliphatic heterocycles. The van der Waals surface area contributed by atoms with Crippen LogP contribution in [0.3, 0.4) is 0 Å². The second kappa shape index (κ2) is 6.67. The Labute approximate surface area is 122 Å². The van der Waals surface area contributed by atoms with Crippen LogP contribution in [-0.4, -0.2) is 17.1 Å². The number of hydrogen-bond acceptors (Lipinski definition) is 2. The molecule has 1 atom stereocenters. The van der Waals surface area contributed by atoms with Crippen molar-refractivity contribution in [3.63, 3.8) is 0 Å². The van der Waals surface area contributed by atoms with E-state index in [2.05, 4.69) is 67.5 Å². The largest absolute Gasteiger partial charge is 0.311 e. The molecule has 2 nitrogen and oxygen atoms in total. The summed E-state index contributed by atoms with van der Waals surface area (Å²) >= 11 is 0. The van der Waals surface area contributed by atoms with Crippen LogP contribution in [0.25, 0.3) is 0 Å². The molecule has 2 aromatic rings. The molecule has 0 saturated heterocycles. The summed E-state index contributed by atoms with van der Waals surface area (Å²) in [7, 11) is 0. The van der Waals surface area contributed by atoms with E-state index in [0.717, 1.165) is 13.0 Å². The molecule has 0 amide bonds. The third-order valence-corrected chi connectivity index (χ3v) is 3.35. The average Bonchev–Trinajstić information content (AvgIpc) is 2.44. The standard InChI is InChI=1S/C18H24N2/c1-18(2,3)20-14-17(16-9-5-4-6-10-16)12-15-8-7-11-19-13-15/h4-11,13,17,20H,12,14H2,1-3H3. The molecule has 0 saturated carbocycles. The smallest absolute Gasteiger partial charge is 0.0300 e. The SMILES string of the molecule is CC(C)(C)NCC(Cc1cccnc1)c1ccccc1. The molecule has 0 radical (unpaired) electrons. The normalized spacial score (nSPS) is 13.2. The molecule has 0 aliphatic rings. The van der Waals surface area contributed by atoms with Crippen molar-refractivity contribution >= 4 is 0 Å². The number of aromatic nitrogens is 1. The monoisotopic (exact) mass is 268 g/mol. The molecule has 1 aromatic carbocycles. The fourth-order valence-corrected chi connectivity index (χ4v) is 2.27. The number of benzene rings is 1. The first-order valence-electron chi connectivity index (χ1n) is 7.23. The summed E-state index contributed by atoms with van der Waals surface area (Å²) in [6.07, 6.45) is 4.81. The van der Waals surface area contributed by atoms with Crippen molar-refractivity contribution in [3.8, 4) is 0 Å². The molecular weight excluding hydrogens is 244 g/mol. The molecule has 0 aliphatic carbocycles. The van der Waals surface area contributed by atoms with Crippen LogP contribution in [0.15, 0.2) is 54.9 Å². The molecule has 106 valence electrons. The minimum atomic E-state index is 0.141. The molecule has 1 heterocycles. The maximum Gasteiger partial charge on any atom is 0.0300 e. The molecule has 1 N–H and O–H groups in total. The second-order valence-electron chi connectivity index (χ2n) is 6.30. The molecule has 1 unspecified atom stereocenters. The predicted molar refractivity (Wildman–Crippen MR) is 84.9 cm³/mol. The lowest BCUT2D eigenvalue weighted by Gasteiger charge is -2.25. The molecular formula is C18H24N2. The highest BCUT2D eigenvalue weighted by molar-refractivity contribution is 5.23. The van der Waals surface area contributed by atoms with Crippen LogP contribution in [-0.2, 0) is 6.42 Å². The van der Waals surface area contributed by atoms with E-state index < -0.39 is 0 Å². The van der Waals surface area contributed by atoms with Crippen molar-refractivity contribution in [1.82, 2.24) is 10.3 Å². The highest BCUT2D eigenvalue weighted by Gasteiger charge is 2.16. The Morgan fingerprint density at radius 2 is 1.80 bits per heavy atom. The lowest BCUT2D eigenvalue weighted by molar-refractivity contribution is 0.405. The van der Waals surface area contributed by atoms with E-state index >= 15 is 0 Å². The molecule has 2 heteroatoms. The van der Waals surface area contributed by atoms with Gasteiger partial charge in [-0.3, -0.25) is 4.98 Å². The Morgan fingerprint density at radius 1 is 1.05 bits per heavy atom. The van der Waals surface area contributed by atoms with Crippen molar-refractivity contribution in [1.29, 1.82) is 0 Å². The van der Waals surface area contributed by atoms with Gasteiger partial charge in [0.05, 0.1) is 0 Å². The van der Waals surface area contributed by atoms with Crippen LogP contribution in [0, 0.1) is 0 Å². The van der Waals surface area contributed by atoms with E-state index in [0.29, 0.717) is 5.92 Å². The fraction of sp³-hybridized carbons (Fsp3) is 0.389. The van der Waals surface area contributed by atoms with Gasteiger partial charge in [-0.25, -0.2) is 0 Å². The first kappa shape index (κ1) is 14.7. The van der Waals surface area contributed by atoms with Gasteiger partial charge in [0.2, 0.25) is 0 Å². The summed E-state index contributed by atoms with van der Waals surface area (Å²) in [5, 5.41) is 3.62. The lowest BCUT2D eigenvalue weighted by atomic mass is 9.91. The Bertz CT molecular complexity index is 500. The third-order valence-electron chi connectivity index (χ3n) is 3.35. The molecule has 1 aromatic heterocycles. The first-order chi connectivity index (χ1) is 9.54. The zero-order chi connectivity index (χ0) is 14.4. The summed E-state index contributed by atoms with van der Waals surface area (Å²) in [5.41, 5.74) is 2.81. The zero-order valence-electron chi connectivity index (χ0n) is 12.6. The van der Waals surface area contributed by atoms with Gasteiger partial charge >= 0.3 is 0 Å². The summed E-state index contributed by atoms with van der Waals surface area (Å²) < 4.78 is 0. The summed E-state index contributed by atoms with van der Waals surface area (Å²) in [6.45, 7) is 7.60. The van der Waals surface area contributed by atoms with Crippen LogP contribution in [0.2, 0.25) is 0 Å². The van der Waals surface area contributed by atoms with Crippen molar-refractivity contribution in [2.24, 2.45) is 0 Å². The van der Waals surface area contributed by atoms with E-state index in [1.54, 1.807) is 0 Å². The van der Waals surface area contributed by atoms with Gasteiger partial charge in [0.25, 0.3) is 0 Å². The van der Waals surface area contributed by atoms with Gasteiger partial charge in [0, 0.05) is 30.4 Å². The van der Waals surface area contributed by atoms with Gasteiger partial charge in [-0.05, 0) is 44.4 Å². The average molecular weight is 268 g/mol. The number of nitrogens with zero attached hydrogens (tertiary/aromatic N) is 1. The van der Waals surface area contributed by atoms with Crippen LogP contribution in [0.4, 0.5) is 0 Å². The van der Waals surface area contributed by atoms with Gasteiger partial charge in [0.15, 0.2) is 0 Å². The highest BCUT2D eigenvalue weighted by Crippen LogP contribution is 2.20. The number of pyridine rings is 1. The van der Waals surface area contributed by atoms with E-state index in [-0.39, 0.29) is 5.54 Å². The molecule has 0 spiro atoms. The Morgan fingerprint density at radius 3 is 2.40 bits per heavy atom. The third kappa shape index (κ3) is 4.78. The molecule has 2 rings (SSSR count).